The molecular weight excluding hydrogens is 358 g/mol. The van der Waals surface area contributed by atoms with Crippen LogP contribution in [0, 0.1) is 0 Å². The largest absolute Gasteiger partial charge is 0.324 e. The SMILES string of the molecule is CS(=O)(=O)c1ccc(Nc2nccc(Cc3ccccc3Cl)n2)cc1. The smallest absolute Gasteiger partial charge is 0.227 e. The summed E-state index contributed by atoms with van der Waals surface area (Å²) in [6.07, 6.45) is 3.45. The van der Waals surface area contributed by atoms with Crippen LogP contribution in [-0.4, -0.2) is 24.6 Å². The summed E-state index contributed by atoms with van der Waals surface area (Å²) in [6.45, 7) is 0. The summed E-state index contributed by atoms with van der Waals surface area (Å²) >= 11 is 6.19. The van der Waals surface area contributed by atoms with Crippen molar-refractivity contribution in [3.05, 3.63) is 77.1 Å². The van der Waals surface area contributed by atoms with Crippen molar-refractivity contribution in [3.63, 3.8) is 0 Å². The van der Waals surface area contributed by atoms with Gasteiger partial charge in [-0.2, -0.15) is 0 Å². The number of hydrogen-bond acceptors (Lipinski definition) is 5. The van der Waals surface area contributed by atoms with Gasteiger partial charge in [-0.05, 0) is 42.0 Å². The van der Waals surface area contributed by atoms with Crippen LogP contribution in [0.5, 0.6) is 0 Å². The van der Waals surface area contributed by atoms with E-state index in [2.05, 4.69) is 15.3 Å². The summed E-state index contributed by atoms with van der Waals surface area (Å²) in [5.41, 5.74) is 2.53. The molecule has 0 unspecified atom stereocenters. The van der Waals surface area contributed by atoms with Crippen molar-refractivity contribution in [1.29, 1.82) is 0 Å². The van der Waals surface area contributed by atoms with Crippen molar-refractivity contribution >= 4 is 33.1 Å². The van der Waals surface area contributed by atoms with Crippen LogP contribution in [0.4, 0.5) is 11.6 Å². The first-order valence-corrected chi connectivity index (χ1v) is 9.81. The molecule has 128 valence electrons. The maximum atomic E-state index is 11.5. The molecule has 1 aromatic heterocycles. The molecule has 0 fully saturated rings. The van der Waals surface area contributed by atoms with Crippen LogP contribution in [0.25, 0.3) is 0 Å². The van der Waals surface area contributed by atoms with Gasteiger partial charge in [-0.3, -0.25) is 0 Å². The lowest BCUT2D eigenvalue weighted by atomic mass is 10.1. The maximum Gasteiger partial charge on any atom is 0.227 e. The minimum Gasteiger partial charge on any atom is -0.324 e. The Hall–Kier alpha value is -2.44. The molecule has 0 spiro atoms. The molecule has 7 heteroatoms. The highest BCUT2D eigenvalue weighted by atomic mass is 35.5. The van der Waals surface area contributed by atoms with Crippen molar-refractivity contribution in [3.8, 4) is 0 Å². The number of hydrogen-bond donors (Lipinski definition) is 1. The van der Waals surface area contributed by atoms with Crippen LogP contribution in [0.2, 0.25) is 5.02 Å². The van der Waals surface area contributed by atoms with Gasteiger partial charge in [-0.15, -0.1) is 0 Å². The summed E-state index contributed by atoms with van der Waals surface area (Å²) in [4.78, 5) is 8.94. The third-order valence-corrected chi connectivity index (χ3v) is 5.08. The minimum atomic E-state index is -3.21. The Balaban J connectivity index is 1.77. The molecule has 25 heavy (non-hydrogen) atoms. The monoisotopic (exact) mass is 373 g/mol. The van der Waals surface area contributed by atoms with E-state index in [1.54, 1.807) is 30.5 Å². The van der Waals surface area contributed by atoms with Crippen LogP contribution in [0.15, 0.2) is 65.7 Å². The Morgan fingerprint density at radius 1 is 1.04 bits per heavy atom. The summed E-state index contributed by atoms with van der Waals surface area (Å²) in [7, 11) is -3.21. The molecule has 1 heterocycles. The molecular formula is C18H16ClN3O2S. The molecule has 2 aromatic carbocycles. The van der Waals surface area contributed by atoms with Gasteiger partial charge in [0.1, 0.15) is 0 Å². The first kappa shape index (κ1) is 17.4. The third-order valence-electron chi connectivity index (χ3n) is 3.58. The number of benzene rings is 2. The third kappa shape index (κ3) is 4.55. The van der Waals surface area contributed by atoms with E-state index in [1.165, 1.54) is 6.26 Å². The predicted molar refractivity (Wildman–Crippen MR) is 99.1 cm³/mol. The van der Waals surface area contributed by atoms with Gasteiger partial charge in [-0.25, -0.2) is 18.4 Å². The number of halogens is 1. The van der Waals surface area contributed by atoms with Gasteiger partial charge in [0.05, 0.1) is 10.6 Å². The number of nitrogens with zero attached hydrogens (tertiary/aromatic N) is 2. The van der Waals surface area contributed by atoms with Crippen LogP contribution in [0.1, 0.15) is 11.3 Å². The Labute approximate surface area is 151 Å². The normalized spacial score (nSPS) is 11.3. The number of anilines is 2. The molecule has 0 atom stereocenters. The van der Waals surface area contributed by atoms with Gasteiger partial charge in [0, 0.05) is 29.6 Å². The van der Waals surface area contributed by atoms with Crippen LogP contribution in [-0.2, 0) is 16.3 Å². The lowest BCUT2D eigenvalue weighted by Crippen LogP contribution is -2.01. The van der Waals surface area contributed by atoms with Crippen LogP contribution < -0.4 is 5.32 Å². The van der Waals surface area contributed by atoms with E-state index in [0.717, 1.165) is 11.3 Å². The quantitative estimate of drug-likeness (QED) is 0.735. The standard InChI is InChI=1S/C18H16ClN3O2S/c1-25(23,24)16-8-6-14(7-9-16)21-18-20-11-10-15(22-18)12-13-4-2-3-5-17(13)19/h2-11H,12H2,1H3,(H,20,21,22). The van der Waals surface area contributed by atoms with E-state index in [-0.39, 0.29) is 4.90 Å². The summed E-state index contributed by atoms with van der Waals surface area (Å²) < 4.78 is 23.0. The minimum absolute atomic E-state index is 0.270. The number of sulfone groups is 1. The second-order valence-corrected chi connectivity index (χ2v) is 7.98. The van der Waals surface area contributed by atoms with E-state index in [9.17, 15) is 8.42 Å². The zero-order valence-corrected chi connectivity index (χ0v) is 15.1. The summed E-state index contributed by atoms with van der Waals surface area (Å²) in [5.74, 6) is 0.441. The molecule has 0 bridgehead atoms. The molecule has 1 N–H and O–H groups in total. The second-order valence-electron chi connectivity index (χ2n) is 5.56. The Bertz CT molecular complexity index is 989. The van der Waals surface area contributed by atoms with E-state index < -0.39 is 9.84 Å². The Morgan fingerprint density at radius 2 is 1.76 bits per heavy atom. The fourth-order valence-corrected chi connectivity index (χ4v) is 3.14. The van der Waals surface area contributed by atoms with Crippen molar-refractivity contribution in [2.75, 3.05) is 11.6 Å². The highest BCUT2D eigenvalue weighted by molar-refractivity contribution is 7.90. The molecule has 3 rings (SSSR count). The highest BCUT2D eigenvalue weighted by Gasteiger charge is 2.07. The van der Waals surface area contributed by atoms with Crippen molar-refractivity contribution in [2.24, 2.45) is 0 Å². The molecule has 0 radical (unpaired) electrons. The van der Waals surface area contributed by atoms with Gasteiger partial charge < -0.3 is 5.32 Å². The molecule has 0 saturated heterocycles. The predicted octanol–water partition coefficient (Wildman–Crippen LogP) is 3.87. The van der Waals surface area contributed by atoms with Crippen molar-refractivity contribution in [2.45, 2.75) is 11.3 Å². The van der Waals surface area contributed by atoms with Crippen molar-refractivity contribution < 1.29 is 8.42 Å². The molecule has 0 aliphatic rings. The van der Waals surface area contributed by atoms with E-state index >= 15 is 0 Å². The summed E-state index contributed by atoms with van der Waals surface area (Å²) in [6, 6.07) is 15.9. The van der Waals surface area contributed by atoms with Gasteiger partial charge >= 0.3 is 0 Å². The fourth-order valence-electron chi connectivity index (χ4n) is 2.31. The van der Waals surface area contributed by atoms with Crippen LogP contribution >= 0.6 is 11.6 Å². The highest BCUT2D eigenvalue weighted by Crippen LogP contribution is 2.20. The first-order valence-electron chi connectivity index (χ1n) is 7.54. The van der Waals surface area contributed by atoms with E-state index in [0.29, 0.717) is 23.1 Å². The average molecular weight is 374 g/mol. The molecule has 0 saturated carbocycles. The molecule has 3 aromatic rings. The fraction of sp³-hybridized carbons (Fsp3) is 0.111. The average Bonchev–Trinajstić information content (AvgIpc) is 2.57. The van der Waals surface area contributed by atoms with Gasteiger partial charge in [0.2, 0.25) is 5.95 Å². The van der Waals surface area contributed by atoms with E-state index in [1.807, 2.05) is 30.3 Å². The molecule has 5 nitrogen and oxygen atoms in total. The zero-order valence-electron chi connectivity index (χ0n) is 13.5. The second kappa shape index (κ2) is 7.21. The summed E-state index contributed by atoms with van der Waals surface area (Å²) in [5, 5.41) is 3.77. The molecule has 0 amide bonds. The number of nitrogens with one attached hydrogen (secondary N) is 1. The number of aromatic nitrogens is 2. The van der Waals surface area contributed by atoms with Gasteiger partial charge in [-0.1, -0.05) is 29.8 Å². The lowest BCUT2D eigenvalue weighted by Gasteiger charge is -2.08. The molecule has 0 aliphatic carbocycles. The number of rotatable bonds is 5. The van der Waals surface area contributed by atoms with Gasteiger partial charge in [0.15, 0.2) is 9.84 Å². The first-order chi connectivity index (χ1) is 11.9. The van der Waals surface area contributed by atoms with Crippen LogP contribution in [0.3, 0.4) is 0 Å². The topological polar surface area (TPSA) is 72.0 Å². The maximum absolute atomic E-state index is 11.5. The Kier molecular flexibility index (Phi) is 5.01. The Morgan fingerprint density at radius 3 is 2.44 bits per heavy atom. The lowest BCUT2D eigenvalue weighted by molar-refractivity contribution is 0.602. The zero-order chi connectivity index (χ0) is 17.9. The van der Waals surface area contributed by atoms with Gasteiger partial charge in [0.25, 0.3) is 0 Å². The van der Waals surface area contributed by atoms with E-state index in [4.69, 9.17) is 11.6 Å². The van der Waals surface area contributed by atoms with Crippen molar-refractivity contribution in [1.82, 2.24) is 9.97 Å². The molecule has 0 aliphatic heterocycles.